The van der Waals surface area contributed by atoms with E-state index < -0.39 is 5.97 Å². The lowest BCUT2D eigenvalue weighted by Crippen LogP contribution is -2.02. The van der Waals surface area contributed by atoms with Crippen LogP contribution in [0.5, 0.6) is 0 Å². The number of benzene rings is 2. The van der Waals surface area contributed by atoms with Gasteiger partial charge in [-0.2, -0.15) is 0 Å². The minimum atomic E-state index is -0.966. The van der Waals surface area contributed by atoms with E-state index in [1.54, 1.807) is 12.1 Å². The molecule has 112 valence electrons. The Bertz CT molecular complexity index is 657. The smallest absolute Gasteiger partial charge is 0.335 e. The lowest BCUT2D eigenvalue weighted by molar-refractivity contribution is -0.109. The Morgan fingerprint density at radius 2 is 1.68 bits per heavy atom. The van der Waals surface area contributed by atoms with Crippen molar-refractivity contribution in [3.05, 3.63) is 77.9 Å². The van der Waals surface area contributed by atoms with Crippen LogP contribution in [0.2, 0.25) is 0 Å². The predicted octanol–water partition coefficient (Wildman–Crippen LogP) is 4.16. The van der Waals surface area contributed by atoms with Crippen molar-refractivity contribution in [2.24, 2.45) is 0 Å². The van der Waals surface area contributed by atoms with Gasteiger partial charge < -0.3 is 9.90 Å². The molecule has 22 heavy (non-hydrogen) atoms. The molecule has 0 amide bonds. The molecule has 1 unspecified atom stereocenters. The fourth-order valence-corrected chi connectivity index (χ4v) is 2.33. The third kappa shape index (κ3) is 3.92. The minimum absolute atomic E-state index is 0.224. The molecule has 1 atom stereocenters. The Kier molecular flexibility index (Phi) is 5.26. The highest BCUT2D eigenvalue weighted by Crippen LogP contribution is 2.25. The van der Waals surface area contributed by atoms with E-state index in [1.807, 2.05) is 30.3 Å². The second-order valence-corrected chi connectivity index (χ2v) is 5.18. The minimum Gasteiger partial charge on any atom is -0.478 e. The van der Waals surface area contributed by atoms with E-state index in [-0.39, 0.29) is 11.5 Å². The Morgan fingerprint density at radius 3 is 2.23 bits per heavy atom. The lowest BCUT2D eigenvalue weighted by atomic mass is 9.91. The molecule has 0 fully saturated rings. The van der Waals surface area contributed by atoms with Gasteiger partial charge in [-0.05, 0) is 41.7 Å². The Hall–Kier alpha value is -2.68. The fraction of sp³-hybridized carbons (Fsp3) is 0.158. The number of hydrogen-bond acceptors (Lipinski definition) is 2. The molecule has 1 N–H and O–H groups in total. The molecule has 0 bridgehead atoms. The predicted molar refractivity (Wildman–Crippen MR) is 86.9 cm³/mol. The van der Waals surface area contributed by atoms with Crippen molar-refractivity contribution in [2.75, 3.05) is 0 Å². The summed E-state index contributed by atoms with van der Waals surface area (Å²) in [5.41, 5.74) is 3.13. The van der Waals surface area contributed by atoms with Crippen LogP contribution >= 0.6 is 0 Å². The highest BCUT2D eigenvalue weighted by Gasteiger charge is 2.12. The zero-order valence-corrected chi connectivity index (χ0v) is 12.2. The van der Waals surface area contributed by atoms with Gasteiger partial charge in [0.15, 0.2) is 0 Å². The number of allylic oxidation sites excluding steroid dienone is 1. The monoisotopic (exact) mass is 294 g/mol. The molecule has 0 saturated heterocycles. The number of carbonyl (C=O) groups is 2. The lowest BCUT2D eigenvalue weighted by Gasteiger charge is -2.12. The summed E-state index contributed by atoms with van der Waals surface area (Å²) in [6.07, 6.45) is 2.28. The maximum Gasteiger partial charge on any atom is 0.335 e. The quantitative estimate of drug-likeness (QED) is 0.780. The zero-order valence-electron chi connectivity index (χ0n) is 12.2. The van der Waals surface area contributed by atoms with Crippen LogP contribution in [0.4, 0.5) is 0 Å². The fourth-order valence-electron chi connectivity index (χ4n) is 2.33. The van der Waals surface area contributed by atoms with Crippen LogP contribution in [-0.4, -0.2) is 17.4 Å². The summed E-state index contributed by atoms with van der Waals surface area (Å²) >= 11 is 0. The summed E-state index contributed by atoms with van der Waals surface area (Å²) in [5.74, 6) is -1.21. The van der Waals surface area contributed by atoms with E-state index in [9.17, 15) is 9.59 Å². The Morgan fingerprint density at radius 1 is 1.05 bits per heavy atom. The van der Waals surface area contributed by atoms with Crippen LogP contribution in [0.1, 0.15) is 40.2 Å². The van der Waals surface area contributed by atoms with Crippen molar-refractivity contribution < 1.29 is 14.7 Å². The first-order valence-electron chi connectivity index (χ1n) is 7.13. The van der Waals surface area contributed by atoms with E-state index in [0.29, 0.717) is 12.8 Å². The number of carboxylic acids is 1. The van der Waals surface area contributed by atoms with Gasteiger partial charge in [0.25, 0.3) is 0 Å². The van der Waals surface area contributed by atoms with Crippen molar-refractivity contribution >= 4 is 17.8 Å². The van der Waals surface area contributed by atoms with Crippen LogP contribution in [0, 0.1) is 0 Å². The van der Waals surface area contributed by atoms with Gasteiger partial charge in [-0.25, -0.2) is 4.79 Å². The van der Waals surface area contributed by atoms with Crippen LogP contribution in [-0.2, 0) is 4.79 Å². The molecule has 3 heteroatoms. The molecule has 0 spiro atoms. The van der Waals surface area contributed by atoms with Crippen LogP contribution in [0.25, 0.3) is 5.57 Å². The molecule has 0 aliphatic rings. The van der Waals surface area contributed by atoms with Gasteiger partial charge in [-0.15, -0.1) is 0 Å². The molecule has 2 aromatic rings. The summed E-state index contributed by atoms with van der Waals surface area (Å²) in [4.78, 5) is 22.2. The van der Waals surface area contributed by atoms with Gasteiger partial charge >= 0.3 is 5.97 Å². The summed E-state index contributed by atoms with van der Waals surface area (Å²) in [5, 5.41) is 8.89. The van der Waals surface area contributed by atoms with Crippen LogP contribution in [0.3, 0.4) is 0 Å². The maximum atomic E-state index is 11.3. The number of carboxylic acid groups (broad SMARTS) is 1. The zero-order chi connectivity index (χ0) is 15.9. The summed E-state index contributed by atoms with van der Waals surface area (Å²) in [7, 11) is 0. The Labute approximate surface area is 129 Å². The summed E-state index contributed by atoms with van der Waals surface area (Å²) < 4.78 is 0. The van der Waals surface area contributed by atoms with Gasteiger partial charge in [0.05, 0.1) is 5.56 Å². The first-order valence-corrected chi connectivity index (χ1v) is 7.13. The van der Waals surface area contributed by atoms with E-state index >= 15 is 0 Å². The summed E-state index contributed by atoms with van der Waals surface area (Å²) in [6, 6.07) is 16.3. The standard InChI is InChI=1S/C19H18O3/c1-14(15-5-3-2-4-6-15)7-8-18(13-20)16-9-11-17(12-10-16)19(21)22/h2-6,9-13,18H,1,7-8H2,(H,21,22). The van der Waals surface area contributed by atoms with Gasteiger partial charge in [0.1, 0.15) is 6.29 Å². The first kappa shape index (κ1) is 15.7. The largest absolute Gasteiger partial charge is 0.478 e. The van der Waals surface area contributed by atoms with Crippen molar-refractivity contribution in [3.63, 3.8) is 0 Å². The molecule has 0 aliphatic carbocycles. The second kappa shape index (κ2) is 7.36. The normalized spacial score (nSPS) is 11.6. The van der Waals surface area contributed by atoms with Crippen molar-refractivity contribution in [2.45, 2.75) is 18.8 Å². The van der Waals surface area contributed by atoms with E-state index in [4.69, 9.17) is 5.11 Å². The van der Waals surface area contributed by atoms with E-state index in [1.165, 1.54) is 12.1 Å². The molecule has 3 nitrogen and oxygen atoms in total. The SMILES string of the molecule is C=C(CCC(C=O)c1ccc(C(=O)O)cc1)c1ccccc1. The summed E-state index contributed by atoms with van der Waals surface area (Å²) in [6.45, 7) is 4.07. The number of rotatable bonds is 7. The van der Waals surface area contributed by atoms with Gasteiger partial charge in [-0.1, -0.05) is 49.0 Å². The number of aromatic carboxylic acids is 1. The molecule has 2 aromatic carbocycles. The van der Waals surface area contributed by atoms with Crippen molar-refractivity contribution in [1.29, 1.82) is 0 Å². The van der Waals surface area contributed by atoms with Gasteiger partial charge in [0, 0.05) is 5.92 Å². The van der Waals surface area contributed by atoms with Crippen LogP contribution in [0.15, 0.2) is 61.2 Å². The van der Waals surface area contributed by atoms with Crippen LogP contribution < -0.4 is 0 Å². The number of hydrogen-bond donors (Lipinski definition) is 1. The second-order valence-electron chi connectivity index (χ2n) is 5.18. The molecule has 2 rings (SSSR count). The molecule has 0 aromatic heterocycles. The average molecular weight is 294 g/mol. The number of carbonyl (C=O) groups excluding carboxylic acids is 1. The highest BCUT2D eigenvalue weighted by molar-refractivity contribution is 5.87. The van der Waals surface area contributed by atoms with Crippen molar-refractivity contribution in [3.8, 4) is 0 Å². The van der Waals surface area contributed by atoms with Crippen molar-refractivity contribution in [1.82, 2.24) is 0 Å². The number of aldehydes is 1. The van der Waals surface area contributed by atoms with E-state index in [2.05, 4.69) is 6.58 Å². The molecule has 0 heterocycles. The first-order chi connectivity index (χ1) is 10.6. The highest BCUT2D eigenvalue weighted by atomic mass is 16.4. The van der Waals surface area contributed by atoms with E-state index in [0.717, 1.165) is 23.0 Å². The molecule has 0 aliphatic heterocycles. The third-order valence-corrected chi connectivity index (χ3v) is 3.69. The topological polar surface area (TPSA) is 54.4 Å². The maximum absolute atomic E-state index is 11.3. The average Bonchev–Trinajstić information content (AvgIpc) is 2.56. The molecular weight excluding hydrogens is 276 g/mol. The molecular formula is C19H18O3. The van der Waals surface area contributed by atoms with Gasteiger partial charge in [0.2, 0.25) is 0 Å². The Balaban J connectivity index is 2.02. The third-order valence-electron chi connectivity index (χ3n) is 3.69. The van der Waals surface area contributed by atoms with Gasteiger partial charge in [-0.3, -0.25) is 0 Å². The molecule has 0 saturated carbocycles. The molecule has 0 radical (unpaired) electrons.